The Morgan fingerprint density at radius 2 is 1.91 bits per heavy atom. The lowest BCUT2D eigenvalue weighted by molar-refractivity contribution is -0.132. The van der Waals surface area contributed by atoms with Crippen molar-refractivity contribution in [3.05, 3.63) is 35.9 Å². The Kier molecular flexibility index (Phi) is 4.49. The minimum atomic E-state index is -3.20. The lowest BCUT2D eigenvalue weighted by Gasteiger charge is -2.26. The molecule has 2 aliphatic heterocycles. The molecule has 0 aromatic heterocycles. The van der Waals surface area contributed by atoms with Crippen molar-refractivity contribution in [2.24, 2.45) is 0 Å². The number of hydrogen-bond donors (Lipinski definition) is 0. The average Bonchev–Trinajstić information content (AvgIpc) is 3.07. The fourth-order valence-electron chi connectivity index (χ4n) is 3.37. The molecule has 0 saturated carbocycles. The summed E-state index contributed by atoms with van der Waals surface area (Å²) in [5, 5.41) is 0. The molecule has 0 radical (unpaired) electrons. The van der Waals surface area contributed by atoms with Crippen LogP contribution in [0.3, 0.4) is 0 Å². The molecule has 6 heteroatoms. The lowest BCUT2D eigenvalue weighted by Crippen LogP contribution is -2.43. The van der Waals surface area contributed by atoms with Crippen molar-refractivity contribution in [1.29, 1.82) is 0 Å². The zero-order valence-electron chi connectivity index (χ0n) is 12.6. The van der Waals surface area contributed by atoms with Crippen molar-refractivity contribution < 1.29 is 13.2 Å². The second-order valence-electron chi connectivity index (χ2n) is 6.08. The molecule has 0 N–H and O–H groups in total. The maximum atomic E-state index is 12.5. The highest BCUT2D eigenvalue weighted by Gasteiger charge is 2.34. The molecule has 3 rings (SSSR count). The van der Waals surface area contributed by atoms with Crippen molar-refractivity contribution in [1.82, 2.24) is 9.21 Å². The number of carbonyl (C=O) groups excluding carboxylic acids is 1. The van der Waals surface area contributed by atoms with E-state index >= 15 is 0 Å². The molecule has 1 atom stereocenters. The molecule has 2 fully saturated rings. The van der Waals surface area contributed by atoms with E-state index in [-0.39, 0.29) is 24.2 Å². The number of carbonyl (C=O) groups is 1. The Morgan fingerprint density at radius 3 is 2.59 bits per heavy atom. The first-order valence-electron chi connectivity index (χ1n) is 7.87. The number of hydrogen-bond acceptors (Lipinski definition) is 3. The van der Waals surface area contributed by atoms with Crippen LogP contribution >= 0.6 is 0 Å². The molecule has 22 heavy (non-hydrogen) atoms. The van der Waals surface area contributed by atoms with Gasteiger partial charge in [-0.15, -0.1) is 0 Å². The monoisotopic (exact) mass is 322 g/mol. The van der Waals surface area contributed by atoms with Gasteiger partial charge in [-0.2, -0.15) is 4.31 Å². The van der Waals surface area contributed by atoms with Gasteiger partial charge in [0.05, 0.1) is 12.3 Å². The van der Waals surface area contributed by atoms with Gasteiger partial charge in [-0.25, -0.2) is 8.42 Å². The van der Waals surface area contributed by atoms with E-state index in [9.17, 15) is 13.2 Å². The Bertz CT molecular complexity index is 630. The summed E-state index contributed by atoms with van der Waals surface area (Å²) in [7, 11) is -3.20. The molecule has 1 unspecified atom stereocenters. The van der Waals surface area contributed by atoms with E-state index in [1.165, 1.54) is 9.87 Å². The van der Waals surface area contributed by atoms with E-state index in [0.29, 0.717) is 13.0 Å². The van der Waals surface area contributed by atoms with Gasteiger partial charge in [0.1, 0.15) is 0 Å². The van der Waals surface area contributed by atoms with Crippen LogP contribution in [0.5, 0.6) is 0 Å². The zero-order chi connectivity index (χ0) is 15.6. The van der Waals surface area contributed by atoms with Gasteiger partial charge in [0.25, 0.3) is 0 Å². The molecule has 120 valence electrons. The zero-order valence-corrected chi connectivity index (χ0v) is 13.5. The Morgan fingerprint density at radius 1 is 1.14 bits per heavy atom. The van der Waals surface area contributed by atoms with Gasteiger partial charge < -0.3 is 4.90 Å². The summed E-state index contributed by atoms with van der Waals surface area (Å²) in [6.07, 6.45) is 3.46. The number of nitrogens with zero attached hydrogens (tertiary/aromatic N) is 2. The molecule has 1 aromatic rings. The van der Waals surface area contributed by atoms with E-state index in [0.717, 1.165) is 25.8 Å². The van der Waals surface area contributed by atoms with E-state index in [1.807, 2.05) is 23.1 Å². The molecule has 0 bridgehead atoms. The molecule has 2 heterocycles. The van der Waals surface area contributed by atoms with Crippen LogP contribution in [-0.2, 0) is 21.2 Å². The summed E-state index contributed by atoms with van der Waals surface area (Å²) >= 11 is 0. The van der Waals surface area contributed by atoms with Crippen LogP contribution in [0.25, 0.3) is 0 Å². The predicted molar refractivity (Wildman–Crippen MR) is 84.9 cm³/mol. The SMILES string of the molecule is O=C(CN1CCCS1(=O)=O)N1CCCC1Cc1ccccc1. The Labute approximate surface area is 132 Å². The molecule has 1 amide bonds. The first-order valence-corrected chi connectivity index (χ1v) is 9.48. The second kappa shape index (κ2) is 6.38. The summed E-state index contributed by atoms with van der Waals surface area (Å²) < 4.78 is 25.0. The van der Waals surface area contributed by atoms with Crippen LogP contribution in [0.4, 0.5) is 0 Å². The summed E-state index contributed by atoms with van der Waals surface area (Å²) in [5.74, 6) is 0.122. The third-order valence-corrected chi connectivity index (χ3v) is 6.43. The normalized spacial score (nSPS) is 24.7. The second-order valence-corrected chi connectivity index (χ2v) is 8.16. The molecule has 1 aromatic carbocycles. The smallest absolute Gasteiger partial charge is 0.238 e. The van der Waals surface area contributed by atoms with Crippen LogP contribution in [0.15, 0.2) is 30.3 Å². The lowest BCUT2D eigenvalue weighted by atomic mass is 10.0. The highest BCUT2D eigenvalue weighted by Crippen LogP contribution is 2.22. The Balaban J connectivity index is 1.64. The van der Waals surface area contributed by atoms with E-state index in [1.54, 1.807) is 0 Å². The summed E-state index contributed by atoms with van der Waals surface area (Å²) in [5.41, 5.74) is 1.22. The van der Waals surface area contributed by atoms with Gasteiger partial charge in [0.2, 0.25) is 15.9 Å². The largest absolute Gasteiger partial charge is 0.338 e. The molecule has 2 aliphatic rings. The number of sulfonamides is 1. The molecular formula is C16H22N2O3S. The van der Waals surface area contributed by atoms with E-state index in [2.05, 4.69) is 12.1 Å². The highest BCUT2D eigenvalue weighted by atomic mass is 32.2. The summed E-state index contributed by atoms with van der Waals surface area (Å²) in [6.45, 7) is 1.23. The molecular weight excluding hydrogens is 300 g/mol. The first kappa shape index (κ1) is 15.5. The predicted octanol–water partition coefficient (Wildman–Crippen LogP) is 1.26. The topological polar surface area (TPSA) is 57.7 Å². The third kappa shape index (κ3) is 3.33. The summed E-state index contributed by atoms with van der Waals surface area (Å²) in [4.78, 5) is 14.4. The van der Waals surface area contributed by atoms with E-state index in [4.69, 9.17) is 0 Å². The van der Waals surface area contributed by atoms with Gasteiger partial charge in [-0.3, -0.25) is 4.79 Å². The standard InChI is InChI=1S/C16H22N2O3S/c19-16(13-17-9-5-11-22(17,20)21)18-10-4-8-15(18)12-14-6-2-1-3-7-14/h1-3,6-7,15H,4-5,8-13H2. The average molecular weight is 322 g/mol. The fraction of sp³-hybridized carbons (Fsp3) is 0.562. The molecule has 0 aliphatic carbocycles. The van der Waals surface area contributed by atoms with E-state index < -0.39 is 10.0 Å². The van der Waals surface area contributed by atoms with Crippen LogP contribution in [0.2, 0.25) is 0 Å². The summed E-state index contributed by atoms with van der Waals surface area (Å²) in [6, 6.07) is 10.3. The number of amides is 1. The first-order chi connectivity index (χ1) is 10.6. The van der Waals surface area contributed by atoms with Crippen molar-refractivity contribution in [3.63, 3.8) is 0 Å². The molecule has 0 spiro atoms. The van der Waals surface area contributed by atoms with Crippen molar-refractivity contribution in [2.45, 2.75) is 31.7 Å². The maximum absolute atomic E-state index is 12.5. The minimum absolute atomic E-state index is 0.00756. The van der Waals surface area contributed by atoms with Crippen LogP contribution in [-0.4, -0.2) is 55.0 Å². The van der Waals surface area contributed by atoms with Crippen molar-refractivity contribution >= 4 is 15.9 Å². The van der Waals surface area contributed by atoms with Crippen LogP contribution < -0.4 is 0 Å². The highest BCUT2D eigenvalue weighted by molar-refractivity contribution is 7.89. The number of rotatable bonds is 4. The van der Waals surface area contributed by atoms with Gasteiger partial charge in [-0.05, 0) is 31.2 Å². The van der Waals surface area contributed by atoms with Crippen molar-refractivity contribution in [3.8, 4) is 0 Å². The van der Waals surface area contributed by atoms with Crippen molar-refractivity contribution in [2.75, 3.05) is 25.4 Å². The fourth-order valence-corrected chi connectivity index (χ4v) is 4.84. The third-order valence-electron chi connectivity index (χ3n) is 4.53. The quantitative estimate of drug-likeness (QED) is 0.838. The minimum Gasteiger partial charge on any atom is -0.338 e. The molecule has 5 nitrogen and oxygen atoms in total. The van der Waals surface area contributed by atoms with Gasteiger partial charge >= 0.3 is 0 Å². The maximum Gasteiger partial charge on any atom is 0.238 e. The van der Waals surface area contributed by atoms with Crippen LogP contribution in [0.1, 0.15) is 24.8 Å². The Hall–Kier alpha value is -1.40. The van der Waals surface area contributed by atoms with Gasteiger partial charge in [-0.1, -0.05) is 30.3 Å². The van der Waals surface area contributed by atoms with Gasteiger partial charge in [0.15, 0.2) is 0 Å². The van der Waals surface area contributed by atoms with Gasteiger partial charge in [0, 0.05) is 19.1 Å². The van der Waals surface area contributed by atoms with Crippen LogP contribution in [0, 0.1) is 0 Å². The number of benzene rings is 1. The number of likely N-dealkylation sites (tertiary alicyclic amines) is 1. The molecule has 2 saturated heterocycles.